The van der Waals surface area contributed by atoms with Gasteiger partial charge in [-0.15, -0.1) is 11.3 Å². The maximum atomic E-state index is 12.2. The van der Waals surface area contributed by atoms with Crippen molar-refractivity contribution in [3.05, 3.63) is 15.8 Å². The van der Waals surface area contributed by atoms with Crippen molar-refractivity contribution in [1.29, 1.82) is 0 Å². The van der Waals surface area contributed by atoms with E-state index >= 15 is 0 Å². The van der Waals surface area contributed by atoms with Crippen molar-refractivity contribution in [3.63, 3.8) is 0 Å². The van der Waals surface area contributed by atoms with Crippen LogP contribution in [0.15, 0.2) is 10.3 Å². The van der Waals surface area contributed by atoms with E-state index in [0.717, 1.165) is 11.3 Å². The summed E-state index contributed by atoms with van der Waals surface area (Å²) in [5.74, 6) is -0.673. The van der Waals surface area contributed by atoms with E-state index in [1.807, 2.05) is 0 Å². The molecule has 0 aliphatic heterocycles. The molecular formula is C11H17NO5S2. The number of esters is 1. The topological polar surface area (TPSA) is 92.7 Å². The number of methoxy groups -OCH3 is 1. The van der Waals surface area contributed by atoms with Crippen LogP contribution in [-0.2, 0) is 14.8 Å². The summed E-state index contributed by atoms with van der Waals surface area (Å²) >= 11 is 1.03. The van der Waals surface area contributed by atoms with E-state index in [1.165, 1.54) is 7.11 Å². The second-order valence-corrected chi connectivity index (χ2v) is 6.63. The molecular weight excluding hydrogens is 290 g/mol. The van der Waals surface area contributed by atoms with Crippen molar-refractivity contribution in [2.24, 2.45) is 0 Å². The Morgan fingerprint density at radius 3 is 2.74 bits per heavy atom. The van der Waals surface area contributed by atoms with Gasteiger partial charge in [-0.3, -0.25) is 0 Å². The summed E-state index contributed by atoms with van der Waals surface area (Å²) in [5, 5.41) is 10.4. The molecule has 2 N–H and O–H groups in total. The molecule has 19 heavy (non-hydrogen) atoms. The lowest BCUT2D eigenvalue weighted by Crippen LogP contribution is -2.34. The Hall–Kier alpha value is -0.960. The molecule has 0 bridgehead atoms. The fraction of sp³-hybridized carbons (Fsp3) is 0.545. The summed E-state index contributed by atoms with van der Waals surface area (Å²) < 4.78 is 31.5. The lowest BCUT2D eigenvalue weighted by atomic mass is 10.3. The molecule has 0 radical (unpaired) electrons. The normalized spacial score (nSPS) is 13.3. The van der Waals surface area contributed by atoms with E-state index < -0.39 is 22.0 Å². The number of ether oxygens (including phenoxy) is 1. The third-order valence-electron chi connectivity index (χ3n) is 2.48. The van der Waals surface area contributed by atoms with Crippen LogP contribution in [0.5, 0.6) is 0 Å². The molecule has 0 fully saturated rings. The summed E-state index contributed by atoms with van der Waals surface area (Å²) in [6.45, 7) is 3.15. The number of aliphatic hydroxyl groups is 1. The van der Waals surface area contributed by atoms with Gasteiger partial charge in [0.15, 0.2) is 0 Å². The standard InChI is InChI=1S/C11H17NO5S2/c1-7-6-18-9(11(14)17-3)10(7)19(15,16)12-8(2)4-5-13/h6,8,12-13H,4-5H2,1-3H3. The van der Waals surface area contributed by atoms with Crippen LogP contribution < -0.4 is 4.72 Å². The Morgan fingerprint density at radius 2 is 2.21 bits per heavy atom. The molecule has 6 nitrogen and oxygen atoms in total. The zero-order valence-electron chi connectivity index (χ0n) is 11.0. The van der Waals surface area contributed by atoms with Crippen molar-refractivity contribution >= 4 is 27.3 Å². The summed E-state index contributed by atoms with van der Waals surface area (Å²) in [5.41, 5.74) is 0.495. The number of hydrogen-bond acceptors (Lipinski definition) is 6. The molecule has 0 aliphatic carbocycles. The zero-order valence-corrected chi connectivity index (χ0v) is 12.6. The Kier molecular flexibility index (Phi) is 5.48. The van der Waals surface area contributed by atoms with E-state index in [-0.39, 0.29) is 16.4 Å². The van der Waals surface area contributed by atoms with Gasteiger partial charge in [-0.05, 0) is 31.2 Å². The van der Waals surface area contributed by atoms with Gasteiger partial charge < -0.3 is 9.84 Å². The van der Waals surface area contributed by atoms with E-state index in [1.54, 1.807) is 19.2 Å². The van der Waals surface area contributed by atoms with Gasteiger partial charge in [0.2, 0.25) is 10.0 Å². The van der Waals surface area contributed by atoms with Crippen LogP contribution in [0.3, 0.4) is 0 Å². The number of hydrogen-bond donors (Lipinski definition) is 2. The highest BCUT2D eigenvalue weighted by atomic mass is 32.2. The summed E-state index contributed by atoms with van der Waals surface area (Å²) in [6.07, 6.45) is 0.302. The van der Waals surface area contributed by atoms with Crippen molar-refractivity contribution in [3.8, 4) is 0 Å². The largest absolute Gasteiger partial charge is 0.465 e. The monoisotopic (exact) mass is 307 g/mol. The molecule has 0 aliphatic rings. The van der Waals surface area contributed by atoms with E-state index in [2.05, 4.69) is 9.46 Å². The fourth-order valence-electron chi connectivity index (χ4n) is 1.58. The predicted octanol–water partition coefficient (Wildman–Crippen LogP) is 0.892. The molecule has 0 saturated carbocycles. The van der Waals surface area contributed by atoms with Crippen LogP contribution in [0.25, 0.3) is 0 Å². The van der Waals surface area contributed by atoms with Gasteiger partial charge in [0.25, 0.3) is 0 Å². The van der Waals surface area contributed by atoms with Crippen molar-refractivity contribution in [1.82, 2.24) is 4.72 Å². The number of aliphatic hydroxyl groups excluding tert-OH is 1. The Labute approximate surface area is 116 Å². The minimum absolute atomic E-state index is 0.0471. The van der Waals surface area contributed by atoms with Crippen LogP contribution in [0, 0.1) is 6.92 Å². The number of rotatable bonds is 6. The Balaban J connectivity index is 3.14. The van der Waals surface area contributed by atoms with Crippen molar-refractivity contribution < 1.29 is 23.1 Å². The quantitative estimate of drug-likeness (QED) is 0.762. The van der Waals surface area contributed by atoms with Crippen LogP contribution >= 0.6 is 11.3 Å². The van der Waals surface area contributed by atoms with Crippen LogP contribution in [-0.4, -0.2) is 39.3 Å². The van der Waals surface area contributed by atoms with Gasteiger partial charge in [0.1, 0.15) is 9.77 Å². The number of carbonyl (C=O) groups excluding carboxylic acids is 1. The van der Waals surface area contributed by atoms with Crippen LogP contribution in [0.4, 0.5) is 0 Å². The molecule has 1 heterocycles. The molecule has 1 rings (SSSR count). The summed E-state index contributed by atoms with van der Waals surface area (Å²) in [6, 6.07) is -0.417. The van der Waals surface area contributed by atoms with Gasteiger partial charge in [0, 0.05) is 12.6 Å². The zero-order chi connectivity index (χ0) is 14.6. The van der Waals surface area contributed by atoms with Gasteiger partial charge >= 0.3 is 5.97 Å². The second kappa shape index (κ2) is 6.47. The molecule has 1 unspecified atom stereocenters. The third-order valence-corrected chi connectivity index (χ3v) is 5.46. The Morgan fingerprint density at radius 1 is 1.58 bits per heavy atom. The summed E-state index contributed by atoms with van der Waals surface area (Å²) in [7, 11) is -2.60. The third kappa shape index (κ3) is 3.75. The molecule has 1 aromatic heterocycles. The minimum atomic E-state index is -3.81. The molecule has 8 heteroatoms. The Bertz CT molecular complexity index is 549. The molecule has 0 spiro atoms. The first-order chi connectivity index (χ1) is 8.83. The average molecular weight is 307 g/mol. The second-order valence-electron chi connectivity index (χ2n) is 4.10. The first-order valence-corrected chi connectivity index (χ1v) is 7.99. The van der Waals surface area contributed by atoms with Gasteiger partial charge in [-0.25, -0.2) is 17.9 Å². The number of nitrogens with one attached hydrogen (secondary N) is 1. The average Bonchev–Trinajstić information content (AvgIpc) is 2.70. The maximum absolute atomic E-state index is 12.2. The highest BCUT2D eigenvalue weighted by Gasteiger charge is 2.28. The van der Waals surface area contributed by atoms with E-state index in [0.29, 0.717) is 12.0 Å². The van der Waals surface area contributed by atoms with Gasteiger partial charge in [0.05, 0.1) is 7.11 Å². The predicted molar refractivity (Wildman–Crippen MR) is 71.9 cm³/mol. The molecule has 108 valence electrons. The molecule has 1 atom stereocenters. The maximum Gasteiger partial charge on any atom is 0.349 e. The number of thiophene rings is 1. The van der Waals surface area contributed by atoms with E-state index in [4.69, 9.17) is 5.11 Å². The number of aryl methyl sites for hydroxylation is 1. The van der Waals surface area contributed by atoms with Crippen molar-refractivity contribution in [2.75, 3.05) is 13.7 Å². The summed E-state index contributed by atoms with van der Waals surface area (Å²) in [4.78, 5) is 11.6. The molecule has 0 saturated heterocycles. The lowest BCUT2D eigenvalue weighted by molar-refractivity contribution is 0.0602. The highest BCUT2D eigenvalue weighted by molar-refractivity contribution is 7.89. The van der Waals surface area contributed by atoms with Gasteiger partial charge in [-0.1, -0.05) is 0 Å². The number of sulfonamides is 1. The van der Waals surface area contributed by atoms with E-state index in [9.17, 15) is 13.2 Å². The van der Waals surface area contributed by atoms with Gasteiger partial charge in [-0.2, -0.15) is 0 Å². The first kappa shape index (κ1) is 16.1. The SMILES string of the molecule is COC(=O)c1scc(C)c1S(=O)(=O)NC(C)CCO. The highest BCUT2D eigenvalue weighted by Crippen LogP contribution is 2.27. The smallest absolute Gasteiger partial charge is 0.349 e. The van der Waals surface area contributed by atoms with Crippen molar-refractivity contribution in [2.45, 2.75) is 31.2 Å². The van der Waals surface area contributed by atoms with Crippen LogP contribution in [0.1, 0.15) is 28.6 Å². The number of carbonyl (C=O) groups is 1. The minimum Gasteiger partial charge on any atom is -0.465 e. The van der Waals surface area contributed by atoms with Crippen LogP contribution in [0.2, 0.25) is 0 Å². The fourth-order valence-corrected chi connectivity index (χ4v) is 4.56. The first-order valence-electron chi connectivity index (χ1n) is 5.63. The molecule has 0 amide bonds. The molecule has 1 aromatic rings. The molecule has 0 aromatic carbocycles. The lowest BCUT2D eigenvalue weighted by Gasteiger charge is -2.13.